The molecule has 2 amide bonds. The van der Waals surface area contributed by atoms with Gasteiger partial charge in [0, 0.05) is 37.8 Å². The highest BCUT2D eigenvalue weighted by Gasteiger charge is 2.24. The molecule has 0 unspecified atom stereocenters. The van der Waals surface area contributed by atoms with Gasteiger partial charge in [0.1, 0.15) is 5.75 Å². The second-order valence-corrected chi connectivity index (χ2v) is 7.59. The van der Waals surface area contributed by atoms with Gasteiger partial charge in [0.25, 0.3) is 5.91 Å². The van der Waals surface area contributed by atoms with Crippen molar-refractivity contribution in [3.63, 3.8) is 0 Å². The Morgan fingerprint density at radius 3 is 1.91 bits per heavy atom. The first-order valence-corrected chi connectivity index (χ1v) is 10.6. The predicted molar refractivity (Wildman–Crippen MR) is 125 cm³/mol. The summed E-state index contributed by atoms with van der Waals surface area (Å²) in [6.07, 6.45) is 3.23. The summed E-state index contributed by atoms with van der Waals surface area (Å²) in [6, 6.07) is 8.99. The number of nitrogens with zero attached hydrogens (tertiary/aromatic N) is 2. The number of aryl methyl sites for hydroxylation is 1. The van der Waals surface area contributed by atoms with Crippen LogP contribution < -0.4 is 18.9 Å². The topological polar surface area (TPSA) is 77.5 Å². The van der Waals surface area contributed by atoms with E-state index in [1.54, 1.807) is 68.6 Å². The Morgan fingerprint density at radius 1 is 0.788 bits per heavy atom. The first-order valence-electron chi connectivity index (χ1n) is 10.6. The van der Waals surface area contributed by atoms with Crippen molar-refractivity contribution in [1.29, 1.82) is 0 Å². The Morgan fingerprint density at radius 2 is 1.36 bits per heavy atom. The van der Waals surface area contributed by atoms with E-state index in [2.05, 4.69) is 0 Å². The van der Waals surface area contributed by atoms with E-state index in [1.165, 1.54) is 6.08 Å². The maximum atomic E-state index is 12.9. The highest BCUT2D eigenvalue weighted by molar-refractivity contribution is 5.95. The number of amides is 2. The molecule has 0 aliphatic carbocycles. The molecule has 1 heterocycles. The second-order valence-electron chi connectivity index (χ2n) is 7.59. The monoisotopic (exact) mass is 454 g/mol. The summed E-state index contributed by atoms with van der Waals surface area (Å²) in [4.78, 5) is 29.1. The van der Waals surface area contributed by atoms with E-state index in [0.29, 0.717) is 54.7 Å². The molecule has 8 nitrogen and oxygen atoms in total. The molecular formula is C25H30N2O6. The maximum absolute atomic E-state index is 12.9. The van der Waals surface area contributed by atoms with Gasteiger partial charge in [0.15, 0.2) is 11.5 Å². The van der Waals surface area contributed by atoms with Crippen LogP contribution in [0.15, 0.2) is 36.4 Å². The fourth-order valence-corrected chi connectivity index (χ4v) is 3.74. The molecule has 3 rings (SSSR count). The van der Waals surface area contributed by atoms with Crippen molar-refractivity contribution in [1.82, 2.24) is 9.80 Å². The fraction of sp³-hybridized carbons (Fsp3) is 0.360. The van der Waals surface area contributed by atoms with Crippen molar-refractivity contribution in [3.8, 4) is 23.0 Å². The lowest BCUT2D eigenvalue weighted by atomic mass is 10.1. The Bertz CT molecular complexity index is 1020. The van der Waals surface area contributed by atoms with Gasteiger partial charge in [-0.3, -0.25) is 9.59 Å². The molecule has 2 aromatic rings. The first kappa shape index (κ1) is 24.0. The van der Waals surface area contributed by atoms with Crippen molar-refractivity contribution in [2.75, 3.05) is 54.6 Å². The highest BCUT2D eigenvalue weighted by Crippen LogP contribution is 2.38. The van der Waals surface area contributed by atoms with E-state index < -0.39 is 0 Å². The molecule has 1 aliphatic rings. The third-order valence-corrected chi connectivity index (χ3v) is 5.64. The number of rotatable bonds is 7. The number of benzene rings is 2. The van der Waals surface area contributed by atoms with E-state index in [0.717, 1.165) is 11.1 Å². The summed E-state index contributed by atoms with van der Waals surface area (Å²) in [5, 5.41) is 0. The SMILES string of the molecule is COc1cc(C(=O)N2CCN(C(=O)/C=C/c3cc(OC)c(OC)c(OC)c3)CC2)ccc1C. The molecule has 8 heteroatoms. The molecule has 1 aliphatic heterocycles. The van der Waals surface area contributed by atoms with Crippen LogP contribution in [0.25, 0.3) is 6.08 Å². The van der Waals surface area contributed by atoms with Gasteiger partial charge in [0.05, 0.1) is 28.4 Å². The highest BCUT2D eigenvalue weighted by atomic mass is 16.5. The standard InChI is InChI=1S/C25H30N2O6/c1-17-6-8-19(16-20(17)30-2)25(29)27-12-10-26(11-13-27)23(28)9-7-18-14-21(31-3)24(33-5)22(15-18)32-4/h6-9,14-16H,10-13H2,1-5H3/b9-7+. The lowest BCUT2D eigenvalue weighted by molar-refractivity contribution is -0.127. The summed E-state index contributed by atoms with van der Waals surface area (Å²) >= 11 is 0. The van der Waals surface area contributed by atoms with Gasteiger partial charge in [0.2, 0.25) is 11.7 Å². The van der Waals surface area contributed by atoms with Gasteiger partial charge in [-0.25, -0.2) is 0 Å². The van der Waals surface area contributed by atoms with Crippen LogP contribution in [0.4, 0.5) is 0 Å². The molecule has 0 N–H and O–H groups in total. The minimum absolute atomic E-state index is 0.0617. The lowest BCUT2D eigenvalue weighted by Crippen LogP contribution is -2.50. The molecule has 1 saturated heterocycles. The molecule has 0 saturated carbocycles. The van der Waals surface area contributed by atoms with Crippen molar-refractivity contribution in [2.24, 2.45) is 0 Å². The van der Waals surface area contributed by atoms with E-state index in [-0.39, 0.29) is 11.8 Å². The van der Waals surface area contributed by atoms with Crippen molar-refractivity contribution < 1.29 is 28.5 Å². The number of carbonyl (C=O) groups is 2. The Labute approximate surface area is 194 Å². The summed E-state index contributed by atoms with van der Waals surface area (Å²) in [5.74, 6) is 2.04. The average Bonchev–Trinajstić information content (AvgIpc) is 2.86. The molecule has 0 bridgehead atoms. The summed E-state index contributed by atoms with van der Waals surface area (Å²) < 4.78 is 21.4. The fourth-order valence-electron chi connectivity index (χ4n) is 3.74. The summed E-state index contributed by atoms with van der Waals surface area (Å²) in [7, 11) is 6.22. The van der Waals surface area contributed by atoms with Crippen LogP contribution in [-0.4, -0.2) is 76.2 Å². The van der Waals surface area contributed by atoms with Crippen LogP contribution in [0, 0.1) is 6.92 Å². The zero-order valence-electron chi connectivity index (χ0n) is 19.7. The van der Waals surface area contributed by atoms with E-state index in [9.17, 15) is 9.59 Å². The molecule has 33 heavy (non-hydrogen) atoms. The lowest BCUT2D eigenvalue weighted by Gasteiger charge is -2.34. The van der Waals surface area contributed by atoms with E-state index in [4.69, 9.17) is 18.9 Å². The number of hydrogen-bond donors (Lipinski definition) is 0. The number of methoxy groups -OCH3 is 4. The van der Waals surface area contributed by atoms with Crippen LogP contribution in [0.5, 0.6) is 23.0 Å². The number of hydrogen-bond acceptors (Lipinski definition) is 6. The summed E-state index contributed by atoms with van der Waals surface area (Å²) in [6.45, 7) is 3.81. The van der Waals surface area contributed by atoms with E-state index in [1.807, 2.05) is 13.0 Å². The zero-order chi connectivity index (χ0) is 24.0. The number of ether oxygens (including phenoxy) is 4. The zero-order valence-corrected chi connectivity index (χ0v) is 19.7. The quantitative estimate of drug-likeness (QED) is 0.599. The van der Waals surface area contributed by atoms with Crippen LogP contribution in [0.2, 0.25) is 0 Å². The van der Waals surface area contributed by atoms with Gasteiger partial charge in [-0.15, -0.1) is 0 Å². The van der Waals surface area contributed by atoms with Crippen LogP contribution in [0.3, 0.4) is 0 Å². The molecule has 0 aromatic heterocycles. The number of carbonyl (C=O) groups excluding carboxylic acids is 2. The molecule has 1 fully saturated rings. The summed E-state index contributed by atoms with van der Waals surface area (Å²) in [5.41, 5.74) is 2.31. The minimum Gasteiger partial charge on any atom is -0.496 e. The molecule has 0 atom stereocenters. The second kappa shape index (κ2) is 10.8. The van der Waals surface area contributed by atoms with Crippen LogP contribution in [-0.2, 0) is 4.79 Å². The molecule has 176 valence electrons. The molecular weight excluding hydrogens is 424 g/mol. The smallest absolute Gasteiger partial charge is 0.254 e. The largest absolute Gasteiger partial charge is 0.496 e. The van der Waals surface area contributed by atoms with Gasteiger partial charge in [-0.05, 0) is 48.4 Å². The average molecular weight is 455 g/mol. The van der Waals surface area contributed by atoms with Gasteiger partial charge >= 0.3 is 0 Å². The van der Waals surface area contributed by atoms with Crippen molar-refractivity contribution >= 4 is 17.9 Å². The normalized spacial score (nSPS) is 13.7. The van der Waals surface area contributed by atoms with Crippen LogP contribution in [0.1, 0.15) is 21.5 Å². The molecule has 0 spiro atoms. The van der Waals surface area contributed by atoms with Gasteiger partial charge in [-0.2, -0.15) is 0 Å². The van der Waals surface area contributed by atoms with Gasteiger partial charge < -0.3 is 28.7 Å². The molecule has 2 aromatic carbocycles. The van der Waals surface area contributed by atoms with Crippen LogP contribution >= 0.6 is 0 Å². The maximum Gasteiger partial charge on any atom is 0.254 e. The third-order valence-electron chi connectivity index (χ3n) is 5.64. The molecule has 0 radical (unpaired) electrons. The van der Waals surface area contributed by atoms with E-state index >= 15 is 0 Å². The predicted octanol–water partition coefficient (Wildman–Crippen LogP) is 3.03. The van der Waals surface area contributed by atoms with Crippen molar-refractivity contribution in [3.05, 3.63) is 53.1 Å². The minimum atomic E-state index is -0.118. The van der Waals surface area contributed by atoms with Gasteiger partial charge in [-0.1, -0.05) is 6.07 Å². The van der Waals surface area contributed by atoms with Crippen molar-refractivity contribution in [2.45, 2.75) is 6.92 Å². The number of piperazine rings is 1. The Balaban J connectivity index is 1.63. The third kappa shape index (κ3) is 5.39. The Hall–Kier alpha value is -3.68. The first-order chi connectivity index (χ1) is 15.9. The Kier molecular flexibility index (Phi) is 7.82.